The summed E-state index contributed by atoms with van der Waals surface area (Å²) in [6, 6.07) is 9.54. The van der Waals surface area contributed by atoms with Crippen LogP contribution in [0.15, 0.2) is 41.8 Å². The first-order valence-corrected chi connectivity index (χ1v) is 10.4. The van der Waals surface area contributed by atoms with E-state index in [9.17, 15) is 14.0 Å². The maximum Gasteiger partial charge on any atom is 0.253 e. The van der Waals surface area contributed by atoms with Crippen LogP contribution in [0.3, 0.4) is 0 Å². The molecule has 148 valence electrons. The van der Waals surface area contributed by atoms with Crippen LogP contribution in [-0.4, -0.2) is 43.0 Å². The predicted octanol–water partition coefficient (Wildman–Crippen LogP) is 3.07. The molecule has 2 aromatic rings. The highest BCUT2D eigenvalue weighted by Gasteiger charge is 2.51. The van der Waals surface area contributed by atoms with Gasteiger partial charge in [-0.05, 0) is 48.6 Å². The van der Waals surface area contributed by atoms with Gasteiger partial charge in [-0.25, -0.2) is 4.39 Å². The van der Waals surface area contributed by atoms with E-state index in [1.54, 1.807) is 16.2 Å². The average Bonchev–Trinajstić information content (AvgIpc) is 3.35. The van der Waals surface area contributed by atoms with Gasteiger partial charge in [0.2, 0.25) is 5.91 Å². The predicted molar refractivity (Wildman–Crippen MR) is 104 cm³/mol. The minimum Gasteiger partial charge on any atom is -0.381 e. The summed E-state index contributed by atoms with van der Waals surface area (Å²) in [7, 11) is 0. The van der Waals surface area contributed by atoms with Crippen molar-refractivity contribution >= 4 is 23.2 Å². The third-order valence-electron chi connectivity index (χ3n) is 5.85. The minimum atomic E-state index is -0.371. The van der Waals surface area contributed by atoms with E-state index in [0.717, 1.165) is 17.7 Å². The normalized spacial score (nSPS) is 21.0. The highest BCUT2D eigenvalue weighted by molar-refractivity contribution is 7.09. The topological polar surface area (TPSA) is 58.6 Å². The summed E-state index contributed by atoms with van der Waals surface area (Å²) in [4.78, 5) is 28.8. The molecule has 28 heavy (non-hydrogen) atoms. The molecule has 3 heterocycles. The van der Waals surface area contributed by atoms with Crippen molar-refractivity contribution in [3.05, 3.63) is 58.0 Å². The summed E-state index contributed by atoms with van der Waals surface area (Å²) in [6.45, 7) is 2.63. The van der Waals surface area contributed by atoms with Gasteiger partial charge >= 0.3 is 0 Å². The maximum absolute atomic E-state index is 13.2. The molecule has 1 atom stereocenters. The largest absolute Gasteiger partial charge is 0.381 e. The summed E-state index contributed by atoms with van der Waals surface area (Å²) >= 11 is 1.61. The Morgan fingerprint density at radius 1 is 1.21 bits per heavy atom. The molecule has 1 spiro atoms. The summed E-state index contributed by atoms with van der Waals surface area (Å²) < 4.78 is 18.7. The summed E-state index contributed by atoms with van der Waals surface area (Å²) in [6.07, 6.45) is 1.52. The Bertz CT molecular complexity index is 832. The van der Waals surface area contributed by atoms with Crippen molar-refractivity contribution in [3.8, 4) is 0 Å². The van der Waals surface area contributed by atoms with Crippen molar-refractivity contribution in [3.63, 3.8) is 0 Å². The van der Waals surface area contributed by atoms with Crippen molar-refractivity contribution in [2.24, 2.45) is 11.3 Å². The minimum absolute atomic E-state index is 0.00953. The molecule has 1 N–H and O–H groups in total. The Balaban J connectivity index is 1.51. The molecule has 2 saturated heterocycles. The maximum atomic E-state index is 13.2. The van der Waals surface area contributed by atoms with Crippen molar-refractivity contribution in [2.75, 3.05) is 26.3 Å². The Kier molecular flexibility index (Phi) is 5.46. The lowest BCUT2D eigenvalue weighted by Gasteiger charge is -2.37. The van der Waals surface area contributed by atoms with Gasteiger partial charge in [-0.1, -0.05) is 6.07 Å². The van der Waals surface area contributed by atoms with Gasteiger partial charge < -0.3 is 15.0 Å². The number of benzene rings is 1. The number of amides is 2. The van der Waals surface area contributed by atoms with Crippen LogP contribution in [0.2, 0.25) is 0 Å². The Hall–Kier alpha value is -2.25. The second-order valence-corrected chi connectivity index (χ2v) is 8.55. The van der Waals surface area contributed by atoms with E-state index >= 15 is 0 Å². The van der Waals surface area contributed by atoms with E-state index in [0.29, 0.717) is 38.4 Å². The first-order chi connectivity index (χ1) is 13.6. The Morgan fingerprint density at radius 3 is 2.64 bits per heavy atom. The highest BCUT2D eigenvalue weighted by Crippen LogP contribution is 2.44. The van der Waals surface area contributed by atoms with Gasteiger partial charge in [0.1, 0.15) is 5.82 Å². The van der Waals surface area contributed by atoms with Gasteiger partial charge in [-0.2, -0.15) is 0 Å². The van der Waals surface area contributed by atoms with Gasteiger partial charge in [-0.15, -0.1) is 11.3 Å². The lowest BCUT2D eigenvalue weighted by Crippen LogP contribution is -2.44. The lowest BCUT2D eigenvalue weighted by atomic mass is 9.72. The number of rotatable bonds is 4. The van der Waals surface area contributed by atoms with Crippen molar-refractivity contribution < 1.29 is 18.7 Å². The zero-order chi connectivity index (χ0) is 19.6. The van der Waals surface area contributed by atoms with Crippen LogP contribution in [0.4, 0.5) is 4.39 Å². The van der Waals surface area contributed by atoms with Gasteiger partial charge in [0.05, 0.1) is 12.5 Å². The number of thiophene rings is 1. The molecule has 0 unspecified atom stereocenters. The second-order valence-electron chi connectivity index (χ2n) is 7.52. The molecule has 2 aliphatic rings. The molecule has 2 aliphatic heterocycles. The molecule has 2 fully saturated rings. The van der Waals surface area contributed by atoms with Crippen LogP contribution in [0.25, 0.3) is 0 Å². The summed E-state index contributed by atoms with van der Waals surface area (Å²) in [5.74, 6) is -0.797. The fraction of sp³-hybridized carbons (Fsp3) is 0.429. The second kappa shape index (κ2) is 8.01. The quantitative estimate of drug-likeness (QED) is 0.855. The lowest BCUT2D eigenvalue weighted by molar-refractivity contribution is -0.130. The number of likely N-dealkylation sites (tertiary alicyclic amines) is 1. The van der Waals surface area contributed by atoms with E-state index in [1.165, 1.54) is 24.3 Å². The van der Waals surface area contributed by atoms with Crippen LogP contribution < -0.4 is 5.32 Å². The Labute approximate surface area is 167 Å². The SMILES string of the molecule is O=C(NCc1cccs1)[C@H]1CN(C(=O)c2ccc(F)cc2)CC12CCOCC2. The van der Waals surface area contributed by atoms with Crippen molar-refractivity contribution in [1.82, 2.24) is 10.2 Å². The fourth-order valence-corrected chi connectivity index (χ4v) is 4.90. The third kappa shape index (κ3) is 3.82. The molecular weight excluding hydrogens is 379 g/mol. The molecule has 0 aliphatic carbocycles. The van der Waals surface area contributed by atoms with E-state index in [4.69, 9.17) is 4.74 Å². The molecular formula is C21H23FN2O3S. The molecule has 2 amide bonds. The first kappa shape index (κ1) is 19.1. The molecule has 7 heteroatoms. The first-order valence-electron chi connectivity index (χ1n) is 9.50. The number of nitrogens with one attached hydrogen (secondary N) is 1. The molecule has 1 aromatic carbocycles. The molecule has 1 aromatic heterocycles. The monoisotopic (exact) mass is 402 g/mol. The number of carbonyl (C=O) groups excluding carboxylic acids is 2. The molecule has 0 radical (unpaired) electrons. The zero-order valence-electron chi connectivity index (χ0n) is 15.5. The third-order valence-corrected chi connectivity index (χ3v) is 6.72. The van der Waals surface area contributed by atoms with Crippen molar-refractivity contribution in [2.45, 2.75) is 19.4 Å². The Morgan fingerprint density at radius 2 is 1.96 bits per heavy atom. The van der Waals surface area contributed by atoms with E-state index in [2.05, 4.69) is 5.32 Å². The smallest absolute Gasteiger partial charge is 0.253 e. The molecule has 4 rings (SSSR count). The van der Waals surface area contributed by atoms with Gasteiger partial charge in [0, 0.05) is 42.2 Å². The number of hydrogen-bond donors (Lipinski definition) is 1. The number of halogens is 1. The van der Waals surface area contributed by atoms with Gasteiger partial charge in [0.25, 0.3) is 5.91 Å². The van der Waals surface area contributed by atoms with Gasteiger partial charge in [0.15, 0.2) is 0 Å². The van der Waals surface area contributed by atoms with Gasteiger partial charge in [-0.3, -0.25) is 9.59 Å². The number of ether oxygens (including phenoxy) is 1. The van der Waals surface area contributed by atoms with Crippen LogP contribution in [0.1, 0.15) is 28.1 Å². The number of carbonyl (C=O) groups is 2. The fourth-order valence-electron chi connectivity index (χ4n) is 4.25. The average molecular weight is 402 g/mol. The van der Waals surface area contributed by atoms with E-state index < -0.39 is 0 Å². The van der Waals surface area contributed by atoms with E-state index in [1.807, 2.05) is 17.5 Å². The zero-order valence-corrected chi connectivity index (χ0v) is 16.3. The number of nitrogens with zero attached hydrogens (tertiary/aromatic N) is 1. The molecule has 0 saturated carbocycles. The van der Waals surface area contributed by atoms with Crippen molar-refractivity contribution in [1.29, 1.82) is 0 Å². The van der Waals surface area contributed by atoms with Crippen LogP contribution in [-0.2, 0) is 16.1 Å². The molecule has 0 bridgehead atoms. The van der Waals surface area contributed by atoms with E-state index in [-0.39, 0.29) is 29.0 Å². The number of hydrogen-bond acceptors (Lipinski definition) is 4. The van der Waals surface area contributed by atoms with Crippen LogP contribution in [0.5, 0.6) is 0 Å². The standard InChI is InChI=1S/C21H23FN2O3S/c22-16-5-3-15(4-6-16)20(26)24-13-18(21(14-24)7-9-27-10-8-21)19(25)23-12-17-2-1-11-28-17/h1-6,11,18H,7-10,12-14H2,(H,23,25)/t18-/m1/s1. The summed E-state index contributed by atoms with van der Waals surface area (Å²) in [5.41, 5.74) is 0.191. The molecule has 5 nitrogen and oxygen atoms in total. The van der Waals surface area contributed by atoms with Crippen LogP contribution >= 0.6 is 11.3 Å². The highest BCUT2D eigenvalue weighted by atomic mass is 32.1. The van der Waals surface area contributed by atoms with Crippen LogP contribution in [0, 0.1) is 17.2 Å². The summed E-state index contributed by atoms with van der Waals surface area (Å²) in [5, 5.41) is 5.03.